The molecule has 0 rings (SSSR count). The number of nitrogens with zero attached hydrogens (tertiary/aromatic N) is 1. The van der Waals surface area contributed by atoms with Crippen molar-refractivity contribution in [2.45, 2.75) is 132 Å². The Morgan fingerprint density at radius 1 is 0.633 bits per heavy atom. The second-order valence-corrected chi connectivity index (χ2v) is 11.8. The van der Waals surface area contributed by atoms with E-state index in [1.807, 2.05) is 0 Å². The van der Waals surface area contributed by atoms with Crippen LogP contribution in [-0.4, -0.2) is 41.9 Å². The van der Waals surface area contributed by atoms with Crippen LogP contribution >= 0.6 is 7.82 Å². The zero-order chi connectivity index (χ0) is 23.9. The fraction of sp³-hybridized carbons (Fsp3) is 1.00. The Labute approximate surface area is 189 Å². The van der Waals surface area contributed by atoms with Gasteiger partial charge in [0.25, 0.3) is 7.82 Å². The van der Waals surface area contributed by atoms with E-state index >= 15 is 0 Å². The van der Waals surface area contributed by atoms with Crippen molar-refractivity contribution in [2.75, 3.05) is 26.2 Å². The van der Waals surface area contributed by atoms with Crippen molar-refractivity contribution in [1.82, 2.24) is 0 Å². The molecule has 0 spiro atoms. The van der Waals surface area contributed by atoms with Crippen LogP contribution in [0.3, 0.4) is 0 Å². The summed E-state index contributed by atoms with van der Waals surface area (Å²) in [6.07, 6.45) is 11.1. The summed E-state index contributed by atoms with van der Waals surface area (Å²) in [4.78, 5) is 11.2. The molecule has 0 saturated heterocycles. The summed E-state index contributed by atoms with van der Waals surface area (Å²) in [6, 6.07) is 0. The van der Waals surface area contributed by atoms with Gasteiger partial charge in [-0.1, -0.05) is 53.4 Å². The van der Waals surface area contributed by atoms with Gasteiger partial charge in [-0.25, -0.2) is 0 Å². The van der Waals surface area contributed by atoms with Crippen molar-refractivity contribution in [3.05, 3.63) is 0 Å². The van der Waals surface area contributed by atoms with Gasteiger partial charge >= 0.3 is 0 Å². The van der Waals surface area contributed by atoms with Crippen molar-refractivity contribution in [2.24, 2.45) is 0 Å². The molecule has 0 aromatic carbocycles. The van der Waals surface area contributed by atoms with E-state index in [1.165, 1.54) is 82.0 Å². The van der Waals surface area contributed by atoms with E-state index in [1.54, 1.807) is 41.5 Å². The van der Waals surface area contributed by atoms with Crippen LogP contribution < -0.4 is 4.89 Å². The molecule has 0 amide bonds. The van der Waals surface area contributed by atoms with Gasteiger partial charge in [0.1, 0.15) is 0 Å². The maximum atomic E-state index is 11.2. The third-order valence-corrected chi connectivity index (χ3v) is 6.26. The summed E-state index contributed by atoms with van der Waals surface area (Å²) in [5.41, 5.74) is -1.49. The zero-order valence-electron chi connectivity index (χ0n) is 22.0. The minimum absolute atomic E-state index is 0.747. The average Bonchev–Trinajstić information content (AvgIpc) is 2.57. The van der Waals surface area contributed by atoms with Crippen LogP contribution in [0.15, 0.2) is 0 Å². The van der Waals surface area contributed by atoms with E-state index in [0.717, 1.165) is 0 Å². The van der Waals surface area contributed by atoms with Crippen LogP contribution in [0.25, 0.3) is 0 Å². The molecule has 5 nitrogen and oxygen atoms in total. The molecule has 0 unspecified atom stereocenters. The van der Waals surface area contributed by atoms with Gasteiger partial charge in [-0.3, -0.25) is 4.57 Å². The number of phosphoric ester groups is 1. The molecule has 0 aromatic rings. The standard InChI is InChI=1S/C16H36N.C8H19O4P/c1-5-9-13-17(14-10-6-2,15-11-7-3)16-12-8-4;1-7(2,3)11-13(9,10)12-8(4,5)6/h5-16H2,1-4H3;1-6H3,(H,9,10)/q+1;/p-1. The Bertz CT molecular complexity index is 398. The lowest BCUT2D eigenvalue weighted by Gasteiger charge is -2.39. The van der Waals surface area contributed by atoms with Gasteiger partial charge in [0.2, 0.25) is 0 Å². The van der Waals surface area contributed by atoms with E-state index in [2.05, 4.69) is 27.7 Å². The second kappa shape index (κ2) is 15.8. The molecular formula is C24H54NO4P. The minimum atomic E-state index is -4.19. The Morgan fingerprint density at radius 3 is 1.03 bits per heavy atom. The van der Waals surface area contributed by atoms with E-state index in [4.69, 9.17) is 9.05 Å². The maximum absolute atomic E-state index is 11.2. The smallest absolute Gasteiger partial charge is 0.268 e. The summed E-state index contributed by atoms with van der Waals surface area (Å²) in [5, 5.41) is 0. The first-order chi connectivity index (χ1) is 13.7. The van der Waals surface area contributed by atoms with Crippen LogP contribution in [0, 0.1) is 0 Å². The number of quaternary nitrogens is 1. The van der Waals surface area contributed by atoms with Gasteiger partial charge in [0, 0.05) is 0 Å². The van der Waals surface area contributed by atoms with Gasteiger partial charge in [-0.15, -0.1) is 0 Å². The molecule has 0 radical (unpaired) electrons. The number of hydrogen-bond donors (Lipinski definition) is 0. The fourth-order valence-corrected chi connectivity index (χ4v) is 4.71. The van der Waals surface area contributed by atoms with Crippen molar-refractivity contribution in [1.29, 1.82) is 0 Å². The molecule has 0 heterocycles. The highest BCUT2D eigenvalue weighted by Gasteiger charge is 2.26. The summed E-state index contributed by atoms with van der Waals surface area (Å²) in [6.45, 7) is 25.0. The average molecular weight is 452 g/mol. The van der Waals surface area contributed by atoms with Crippen molar-refractivity contribution < 1.29 is 23.0 Å². The van der Waals surface area contributed by atoms with E-state index in [0.29, 0.717) is 0 Å². The Kier molecular flexibility index (Phi) is 17.0. The minimum Gasteiger partial charge on any atom is -0.756 e. The summed E-state index contributed by atoms with van der Waals surface area (Å²) in [7, 11) is -4.19. The summed E-state index contributed by atoms with van der Waals surface area (Å²) >= 11 is 0. The molecule has 0 aromatic heterocycles. The van der Waals surface area contributed by atoms with Gasteiger partial charge in [0.15, 0.2) is 0 Å². The van der Waals surface area contributed by atoms with E-state index in [-0.39, 0.29) is 0 Å². The summed E-state index contributed by atoms with van der Waals surface area (Å²) < 4.78 is 22.2. The highest BCUT2D eigenvalue weighted by Crippen LogP contribution is 2.46. The van der Waals surface area contributed by atoms with Gasteiger partial charge in [-0.2, -0.15) is 0 Å². The lowest BCUT2D eigenvalue weighted by molar-refractivity contribution is -0.929. The quantitative estimate of drug-likeness (QED) is 0.209. The molecule has 0 aliphatic heterocycles. The molecule has 0 fully saturated rings. The Balaban J connectivity index is 0. The number of hydrogen-bond acceptors (Lipinski definition) is 4. The molecule has 0 atom stereocenters. The lowest BCUT2D eigenvalue weighted by atomic mass is 10.1. The highest BCUT2D eigenvalue weighted by molar-refractivity contribution is 7.46. The first kappa shape index (κ1) is 32.3. The van der Waals surface area contributed by atoms with Gasteiger partial charge in [0.05, 0.1) is 37.4 Å². The molecule has 0 bridgehead atoms. The predicted octanol–water partition coefficient (Wildman–Crippen LogP) is 7.09. The number of unbranched alkanes of at least 4 members (excludes halogenated alkanes) is 4. The van der Waals surface area contributed by atoms with E-state index < -0.39 is 19.0 Å². The van der Waals surface area contributed by atoms with Crippen LogP contribution in [0.4, 0.5) is 0 Å². The normalized spacial score (nSPS) is 13.2. The van der Waals surface area contributed by atoms with Crippen molar-refractivity contribution in [3.8, 4) is 0 Å². The monoisotopic (exact) mass is 451 g/mol. The summed E-state index contributed by atoms with van der Waals surface area (Å²) in [5.74, 6) is 0. The van der Waals surface area contributed by atoms with Crippen LogP contribution in [0.5, 0.6) is 0 Å². The van der Waals surface area contributed by atoms with Crippen molar-refractivity contribution >= 4 is 7.82 Å². The molecule has 184 valence electrons. The molecular weight excluding hydrogens is 397 g/mol. The second-order valence-electron chi connectivity index (χ2n) is 10.5. The number of rotatable bonds is 14. The molecule has 0 aliphatic rings. The SMILES string of the molecule is CC(C)(C)OP(=O)([O-])OC(C)(C)C.CCCC[N+](CCCC)(CCCC)CCCC. The lowest BCUT2D eigenvalue weighted by Crippen LogP contribution is -2.50. The maximum Gasteiger partial charge on any atom is 0.268 e. The first-order valence-electron chi connectivity index (χ1n) is 12.2. The third kappa shape index (κ3) is 20.0. The molecule has 0 N–H and O–H groups in total. The molecule has 0 saturated carbocycles. The molecule has 6 heteroatoms. The van der Waals surface area contributed by atoms with Gasteiger partial charge < -0.3 is 18.4 Å². The molecule has 0 aliphatic carbocycles. The fourth-order valence-electron chi connectivity index (χ4n) is 3.33. The molecule has 30 heavy (non-hydrogen) atoms. The number of phosphoric acid groups is 1. The zero-order valence-corrected chi connectivity index (χ0v) is 22.9. The Morgan fingerprint density at radius 2 is 0.867 bits per heavy atom. The predicted molar refractivity (Wildman–Crippen MR) is 129 cm³/mol. The third-order valence-electron chi connectivity index (χ3n) is 4.72. The largest absolute Gasteiger partial charge is 0.756 e. The van der Waals surface area contributed by atoms with Crippen LogP contribution in [0.2, 0.25) is 0 Å². The van der Waals surface area contributed by atoms with Crippen molar-refractivity contribution in [3.63, 3.8) is 0 Å². The highest BCUT2D eigenvalue weighted by atomic mass is 31.2. The van der Waals surface area contributed by atoms with Crippen LogP contribution in [0.1, 0.15) is 121 Å². The van der Waals surface area contributed by atoms with Gasteiger partial charge in [-0.05, 0) is 67.2 Å². The first-order valence-corrected chi connectivity index (χ1v) is 13.7. The van der Waals surface area contributed by atoms with Crippen LogP contribution in [-0.2, 0) is 13.6 Å². The van der Waals surface area contributed by atoms with E-state index in [9.17, 15) is 9.46 Å². The topological polar surface area (TPSA) is 58.6 Å². The Hall–Kier alpha value is 0.0700.